The molecule has 1 N–H and O–H groups in total. The number of hydrogen-bond donors (Lipinski definition) is 1. The normalized spacial score (nSPS) is 21.8. The highest BCUT2D eigenvalue weighted by Gasteiger charge is 2.25. The Morgan fingerprint density at radius 2 is 2.26 bits per heavy atom. The van der Waals surface area contributed by atoms with Crippen LogP contribution in [-0.2, 0) is 9.84 Å². The predicted octanol–water partition coefficient (Wildman–Crippen LogP) is 1.29. The zero-order chi connectivity index (χ0) is 14.0. The summed E-state index contributed by atoms with van der Waals surface area (Å²) in [5.74, 6) is 0.614. The lowest BCUT2D eigenvalue weighted by molar-refractivity contribution is -0.385. The predicted molar refractivity (Wildman–Crippen MR) is 70.9 cm³/mol. The Bertz CT molecular complexity index is 600. The SMILES string of the molecule is Cc1cnc(NC2CCCS(=O)(=O)C2)cc1[N+](=O)[O-]. The van der Waals surface area contributed by atoms with E-state index in [0.29, 0.717) is 17.8 Å². The van der Waals surface area contributed by atoms with Crippen LogP contribution in [0.15, 0.2) is 12.3 Å². The number of hydrogen-bond acceptors (Lipinski definition) is 6. The van der Waals surface area contributed by atoms with Gasteiger partial charge in [-0.15, -0.1) is 0 Å². The molecule has 1 fully saturated rings. The molecule has 0 bridgehead atoms. The molecule has 7 nitrogen and oxygen atoms in total. The molecule has 0 radical (unpaired) electrons. The molecular formula is C11H15N3O4S. The van der Waals surface area contributed by atoms with Crippen molar-refractivity contribution in [1.29, 1.82) is 0 Å². The van der Waals surface area contributed by atoms with Crippen LogP contribution in [0, 0.1) is 17.0 Å². The molecule has 19 heavy (non-hydrogen) atoms. The summed E-state index contributed by atoms with van der Waals surface area (Å²) in [7, 11) is -3.01. The second kappa shape index (κ2) is 5.12. The molecule has 2 heterocycles. The van der Waals surface area contributed by atoms with Gasteiger partial charge in [0, 0.05) is 17.8 Å². The van der Waals surface area contributed by atoms with Crippen LogP contribution in [-0.4, -0.2) is 35.9 Å². The first kappa shape index (κ1) is 13.7. The van der Waals surface area contributed by atoms with Gasteiger partial charge in [0.05, 0.1) is 22.5 Å². The molecule has 104 valence electrons. The molecule has 2 rings (SSSR count). The molecule has 0 aromatic carbocycles. The first-order valence-electron chi connectivity index (χ1n) is 5.95. The van der Waals surface area contributed by atoms with E-state index in [9.17, 15) is 18.5 Å². The number of nitrogens with one attached hydrogen (secondary N) is 1. The van der Waals surface area contributed by atoms with Gasteiger partial charge in [0.25, 0.3) is 5.69 Å². The molecule has 0 amide bonds. The van der Waals surface area contributed by atoms with Gasteiger partial charge in [-0.3, -0.25) is 10.1 Å². The van der Waals surface area contributed by atoms with E-state index in [-0.39, 0.29) is 23.2 Å². The molecule has 0 spiro atoms. The highest BCUT2D eigenvalue weighted by molar-refractivity contribution is 7.91. The van der Waals surface area contributed by atoms with Crippen LogP contribution in [0.2, 0.25) is 0 Å². The number of aryl methyl sites for hydroxylation is 1. The van der Waals surface area contributed by atoms with Crippen LogP contribution in [0.3, 0.4) is 0 Å². The standard InChI is InChI=1S/C11H15N3O4S/c1-8-6-12-11(5-10(8)14(15)16)13-9-3-2-4-19(17,18)7-9/h5-6,9H,2-4,7H2,1H3,(H,12,13). The Balaban J connectivity index is 2.15. The molecule has 0 saturated carbocycles. The quantitative estimate of drug-likeness (QED) is 0.663. The van der Waals surface area contributed by atoms with Gasteiger partial charge in [-0.1, -0.05) is 0 Å². The second-order valence-electron chi connectivity index (χ2n) is 4.71. The number of nitrogens with zero attached hydrogens (tertiary/aromatic N) is 2. The van der Waals surface area contributed by atoms with Gasteiger partial charge < -0.3 is 5.32 Å². The van der Waals surface area contributed by atoms with E-state index in [1.54, 1.807) is 6.92 Å². The molecule has 1 unspecified atom stereocenters. The van der Waals surface area contributed by atoms with E-state index in [0.717, 1.165) is 6.42 Å². The van der Waals surface area contributed by atoms with Gasteiger partial charge in [0.2, 0.25) is 0 Å². The van der Waals surface area contributed by atoms with E-state index >= 15 is 0 Å². The number of sulfone groups is 1. The van der Waals surface area contributed by atoms with Crippen molar-refractivity contribution < 1.29 is 13.3 Å². The number of nitro groups is 1. The van der Waals surface area contributed by atoms with Gasteiger partial charge in [0.1, 0.15) is 5.82 Å². The Labute approximate surface area is 111 Å². The highest BCUT2D eigenvalue weighted by atomic mass is 32.2. The summed E-state index contributed by atoms with van der Waals surface area (Å²) in [6.07, 6.45) is 2.74. The van der Waals surface area contributed by atoms with Crippen LogP contribution < -0.4 is 5.32 Å². The van der Waals surface area contributed by atoms with E-state index in [4.69, 9.17) is 0 Å². The third-order valence-electron chi connectivity index (χ3n) is 3.09. The lowest BCUT2D eigenvalue weighted by Crippen LogP contribution is -2.35. The first-order valence-corrected chi connectivity index (χ1v) is 7.77. The molecular weight excluding hydrogens is 270 g/mol. The monoisotopic (exact) mass is 285 g/mol. The molecule has 8 heteroatoms. The minimum absolute atomic E-state index is 0.0174. The molecule has 1 atom stereocenters. The third-order valence-corrected chi connectivity index (χ3v) is 4.91. The summed E-state index contributed by atoms with van der Waals surface area (Å²) >= 11 is 0. The number of anilines is 1. The summed E-state index contributed by atoms with van der Waals surface area (Å²) in [5.41, 5.74) is 0.461. The number of rotatable bonds is 3. The van der Waals surface area contributed by atoms with Crippen LogP contribution >= 0.6 is 0 Å². The summed E-state index contributed by atoms with van der Waals surface area (Å²) in [6.45, 7) is 1.61. The van der Waals surface area contributed by atoms with Gasteiger partial charge in [-0.2, -0.15) is 0 Å². The zero-order valence-corrected chi connectivity index (χ0v) is 11.3. The molecule has 1 aliphatic rings. The molecule has 1 aromatic rings. The number of pyridine rings is 1. The molecule has 1 saturated heterocycles. The lowest BCUT2D eigenvalue weighted by Gasteiger charge is -2.23. The van der Waals surface area contributed by atoms with Gasteiger partial charge in [-0.05, 0) is 19.8 Å². The first-order chi connectivity index (χ1) is 8.87. The zero-order valence-electron chi connectivity index (χ0n) is 10.5. The van der Waals surface area contributed by atoms with E-state index in [2.05, 4.69) is 10.3 Å². The van der Waals surface area contributed by atoms with E-state index < -0.39 is 14.8 Å². The van der Waals surface area contributed by atoms with Crippen molar-refractivity contribution in [1.82, 2.24) is 4.98 Å². The maximum Gasteiger partial charge on any atom is 0.277 e. The minimum Gasteiger partial charge on any atom is -0.366 e. The van der Waals surface area contributed by atoms with Crippen LogP contribution in [0.5, 0.6) is 0 Å². The van der Waals surface area contributed by atoms with Crippen LogP contribution in [0.4, 0.5) is 11.5 Å². The van der Waals surface area contributed by atoms with Gasteiger partial charge >= 0.3 is 0 Å². The summed E-state index contributed by atoms with van der Waals surface area (Å²) in [4.78, 5) is 14.4. The van der Waals surface area contributed by atoms with Crippen molar-refractivity contribution in [3.8, 4) is 0 Å². The summed E-state index contributed by atoms with van der Waals surface area (Å²) in [5, 5.41) is 13.8. The van der Waals surface area contributed by atoms with E-state index in [1.807, 2.05) is 0 Å². The Hall–Kier alpha value is -1.70. The second-order valence-corrected chi connectivity index (χ2v) is 6.94. The lowest BCUT2D eigenvalue weighted by atomic mass is 10.2. The smallest absolute Gasteiger partial charge is 0.277 e. The molecule has 1 aromatic heterocycles. The topological polar surface area (TPSA) is 102 Å². The molecule has 0 aliphatic carbocycles. The maximum atomic E-state index is 11.5. The maximum absolute atomic E-state index is 11.5. The van der Waals surface area contributed by atoms with Crippen molar-refractivity contribution in [2.24, 2.45) is 0 Å². The third kappa shape index (κ3) is 3.40. The van der Waals surface area contributed by atoms with Crippen LogP contribution in [0.1, 0.15) is 18.4 Å². The average molecular weight is 285 g/mol. The van der Waals surface area contributed by atoms with Gasteiger partial charge in [-0.25, -0.2) is 13.4 Å². The van der Waals surface area contributed by atoms with Crippen molar-refractivity contribution >= 4 is 21.3 Å². The van der Waals surface area contributed by atoms with E-state index in [1.165, 1.54) is 12.3 Å². The van der Waals surface area contributed by atoms with Crippen molar-refractivity contribution in [3.63, 3.8) is 0 Å². The Kier molecular flexibility index (Phi) is 3.70. The fraction of sp³-hybridized carbons (Fsp3) is 0.545. The fourth-order valence-corrected chi connectivity index (χ4v) is 3.77. The average Bonchev–Trinajstić information content (AvgIpc) is 2.30. The minimum atomic E-state index is -3.01. The van der Waals surface area contributed by atoms with Crippen molar-refractivity contribution in [2.75, 3.05) is 16.8 Å². The number of aromatic nitrogens is 1. The largest absolute Gasteiger partial charge is 0.366 e. The Morgan fingerprint density at radius 1 is 1.53 bits per heavy atom. The highest BCUT2D eigenvalue weighted by Crippen LogP contribution is 2.22. The Morgan fingerprint density at radius 3 is 2.89 bits per heavy atom. The summed E-state index contributed by atoms with van der Waals surface area (Å²) in [6, 6.07) is 1.12. The molecule has 1 aliphatic heterocycles. The van der Waals surface area contributed by atoms with Crippen LogP contribution in [0.25, 0.3) is 0 Å². The van der Waals surface area contributed by atoms with Gasteiger partial charge in [0.15, 0.2) is 9.84 Å². The van der Waals surface area contributed by atoms with Crippen molar-refractivity contribution in [2.45, 2.75) is 25.8 Å². The summed E-state index contributed by atoms with van der Waals surface area (Å²) < 4.78 is 23.0. The fourth-order valence-electron chi connectivity index (χ4n) is 2.13. The van der Waals surface area contributed by atoms with Crippen molar-refractivity contribution in [3.05, 3.63) is 27.9 Å².